The molecule has 8 heteroatoms. The Hall–Kier alpha value is -2.25. The average Bonchev–Trinajstić information content (AvgIpc) is 2.34. The molecule has 5 nitrogen and oxygen atoms in total. The van der Waals surface area contributed by atoms with Gasteiger partial charge in [-0.2, -0.15) is 13.2 Å². The molecule has 0 radical (unpaired) electrons. The topological polar surface area (TPSA) is 76.0 Å². The molecule has 0 amide bonds. The number of aromatic nitrogens is 3. The van der Waals surface area contributed by atoms with Gasteiger partial charge in [0.25, 0.3) is 0 Å². The van der Waals surface area contributed by atoms with Crippen molar-refractivity contribution < 1.29 is 23.1 Å². The molecule has 0 aliphatic heterocycles. The van der Waals surface area contributed by atoms with Crippen molar-refractivity contribution in [2.45, 2.75) is 19.0 Å². The highest BCUT2D eigenvalue weighted by Gasteiger charge is 2.32. The third-order valence-electron chi connectivity index (χ3n) is 2.45. The van der Waals surface area contributed by atoms with E-state index in [1.54, 1.807) is 0 Å². The van der Waals surface area contributed by atoms with Crippen LogP contribution in [0.2, 0.25) is 0 Å². The molecule has 0 aliphatic rings. The lowest BCUT2D eigenvalue weighted by Gasteiger charge is -2.07. The molecule has 0 aromatic carbocycles. The van der Waals surface area contributed by atoms with E-state index < -0.39 is 17.8 Å². The van der Waals surface area contributed by atoms with Crippen LogP contribution in [-0.4, -0.2) is 26.0 Å². The minimum absolute atomic E-state index is 0.0924. The van der Waals surface area contributed by atoms with Crippen molar-refractivity contribution >= 4 is 17.0 Å². The number of aryl methyl sites for hydroxylation is 1. The molecule has 2 heterocycles. The molecule has 0 saturated heterocycles. The number of alkyl halides is 3. The number of carboxylic acid groups (broad SMARTS) is 1. The number of pyridine rings is 1. The molecular weight excluding hydrogens is 263 g/mol. The van der Waals surface area contributed by atoms with Crippen molar-refractivity contribution in [1.82, 2.24) is 15.0 Å². The van der Waals surface area contributed by atoms with Gasteiger partial charge in [0, 0.05) is 11.8 Å². The predicted molar refractivity (Wildman–Crippen MR) is 58.3 cm³/mol. The third-order valence-corrected chi connectivity index (χ3v) is 2.45. The first-order valence-electron chi connectivity index (χ1n) is 5.27. The first kappa shape index (κ1) is 13.2. The van der Waals surface area contributed by atoms with E-state index in [1.807, 2.05) is 0 Å². The van der Waals surface area contributed by atoms with Gasteiger partial charge in [-0.1, -0.05) is 0 Å². The highest BCUT2D eigenvalue weighted by atomic mass is 19.4. The molecule has 100 valence electrons. The molecule has 0 atom stereocenters. The van der Waals surface area contributed by atoms with Gasteiger partial charge >= 0.3 is 12.1 Å². The van der Waals surface area contributed by atoms with Crippen LogP contribution in [0.4, 0.5) is 13.2 Å². The number of rotatable bonds is 3. The van der Waals surface area contributed by atoms with Gasteiger partial charge in [-0.3, -0.25) is 4.79 Å². The van der Waals surface area contributed by atoms with E-state index in [0.717, 1.165) is 12.4 Å². The van der Waals surface area contributed by atoms with Crippen LogP contribution >= 0.6 is 0 Å². The summed E-state index contributed by atoms with van der Waals surface area (Å²) in [6.07, 6.45) is -3.51. The fraction of sp³-hybridized carbons (Fsp3) is 0.273. The van der Waals surface area contributed by atoms with Gasteiger partial charge < -0.3 is 5.11 Å². The van der Waals surface area contributed by atoms with E-state index in [9.17, 15) is 18.0 Å². The summed E-state index contributed by atoms with van der Waals surface area (Å²) in [6, 6.07) is 2.04. The van der Waals surface area contributed by atoms with Crippen molar-refractivity contribution in [3.8, 4) is 0 Å². The van der Waals surface area contributed by atoms with E-state index >= 15 is 0 Å². The standard InChI is InChI=1S/C11H8F3N3O2/c12-11(13,14)8-3-1-6-7(2-4-9(18)19)15-5-16-10(6)17-8/h1,3,5H,2,4H2,(H,18,19). The van der Waals surface area contributed by atoms with Crippen LogP contribution in [0.5, 0.6) is 0 Å². The van der Waals surface area contributed by atoms with E-state index in [4.69, 9.17) is 5.11 Å². The van der Waals surface area contributed by atoms with Crippen molar-refractivity contribution in [3.05, 3.63) is 29.8 Å². The summed E-state index contributed by atoms with van der Waals surface area (Å²) in [5.41, 5.74) is -0.762. The molecule has 2 aromatic rings. The van der Waals surface area contributed by atoms with Gasteiger partial charge in [0.1, 0.15) is 12.0 Å². The van der Waals surface area contributed by atoms with Crippen molar-refractivity contribution in [2.24, 2.45) is 0 Å². The Bertz CT molecular complexity index is 628. The second-order valence-corrected chi connectivity index (χ2v) is 3.78. The quantitative estimate of drug-likeness (QED) is 0.924. The molecule has 19 heavy (non-hydrogen) atoms. The fourth-order valence-corrected chi connectivity index (χ4v) is 1.58. The van der Waals surface area contributed by atoms with Crippen LogP contribution in [0.25, 0.3) is 11.0 Å². The zero-order chi connectivity index (χ0) is 14.0. The first-order valence-corrected chi connectivity index (χ1v) is 5.27. The predicted octanol–water partition coefficient (Wildman–Crippen LogP) is 2.06. The molecule has 0 aliphatic carbocycles. The Balaban J connectivity index is 2.44. The highest BCUT2D eigenvalue weighted by molar-refractivity contribution is 5.78. The van der Waals surface area contributed by atoms with E-state index in [0.29, 0.717) is 11.1 Å². The number of aliphatic carboxylic acids is 1. The Labute approximate surface area is 105 Å². The summed E-state index contributed by atoms with van der Waals surface area (Å²) >= 11 is 0. The summed E-state index contributed by atoms with van der Waals surface area (Å²) in [4.78, 5) is 21.4. The minimum atomic E-state index is -4.54. The van der Waals surface area contributed by atoms with Crippen molar-refractivity contribution in [1.29, 1.82) is 0 Å². The lowest BCUT2D eigenvalue weighted by Crippen LogP contribution is -2.09. The van der Waals surface area contributed by atoms with Crippen LogP contribution in [0.3, 0.4) is 0 Å². The Morgan fingerprint density at radius 2 is 2.00 bits per heavy atom. The lowest BCUT2D eigenvalue weighted by molar-refractivity contribution is -0.141. The van der Waals surface area contributed by atoms with Gasteiger partial charge in [-0.25, -0.2) is 15.0 Å². The van der Waals surface area contributed by atoms with Crippen LogP contribution in [0, 0.1) is 0 Å². The number of fused-ring (bicyclic) bond motifs is 1. The molecule has 1 N–H and O–H groups in total. The largest absolute Gasteiger partial charge is 0.481 e. The number of nitrogens with zero attached hydrogens (tertiary/aromatic N) is 3. The Morgan fingerprint density at radius 1 is 1.26 bits per heavy atom. The van der Waals surface area contributed by atoms with Gasteiger partial charge in [-0.15, -0.1) is 0 Å². The van der Waals surface area contributed by atoms with E-state index in [2.05, 4.69) is 15.0 Å². The van der Waals surface area contributed by atoms with Gasteiger partial charge in [0.2, 0.25) is 0 Å². The molecule has 2 aromatic heterocycles. The summed E-state index contributed by atoms with van der Waals surface area (Å²) in [5.74, 6) is -1.01. The van der Waals surface area contributed by atoms with E-state index in [-0.39, 0.29) is 18.5 Å². The van der Waals surface area contributed by atoms with Crippen molar-refractivity contribution in [3.63, 3.8) is 0 Å². The lowest BCUT2D eigenvalue weighted by atomic mass is 10.1. The summed E-state index contributed by atoms with van der Waals surface area (Å²) in [7, 11) is 0. The number of carbonyl (C=O) groups is 1. The molecule has 0 unspecified atom stereocenters. The fourth-order valence-electron chi connectivity index (χ4n) is 1.58. The Morgan fingerprint density at radius 3 is 2.63 bits per heavy atom. The van der Waals surface area contributed by atoms with Gasteiger partial charge in [0.05, 0.1) is 12.1 Å². The van der Waals surface area contributed by atoms with Crippen LogP contribution in [0.15, 0.2) is 18.5 Å². The first-order chi connectivity index (χ1) is 8.88. The second-order valence-electron chi connectivity index (χ2n) is 3.78. The van der Waals surface area contributed by atoms with Crippen LogP contribution in [0.1, 0.15) is 17.8 Å². The molecule has 2 rings (SSSR count). The molecular formula is C11H8F3N3O2. The monoisotopic (exact) mass is 271 g/mol. The maximum atomic E-state index is 12.5. The smallest absolute Gasteiger partial charge is 0.433 e. The number of halogens is 3. The summed E-state index contributed by atoms with van der Waals surface area (Å²) < 4.78 is 37.5. The molecule has 0 saturated carbocycles. The van der Waals surface area contributed by atoms with Crippen LogP contribution < -0.4 is 0 Å². The molecule has 0 bridgehead atoms. The molecule has 0 fully saturated rings. The summed E-state index contributed by atoms with van der Waals surface area (Å²) in [5, 5.41) is 8.92. The normalized spacial score (nSPS) is 11.7. The second kappa shape index (κ2) is 4.79. The molecule has 0 spiro atoms. The third kappa shape index (κ3) is 2.95. The average molecular weight is 271 g/mol. The number of carboxylic acids is 1. The SMILES string of the molecule is O=C(O)CCc1ncnc2nc(C(F)(F)F)ccc12. The maximum Gasteiger partial charge on any atom is 0.433 e. The maximum absolute atomic E-state index is 12.5. The highest BCUT2D eigenvalue weighted by Crippen LogP contribution is 2.29. The van der Waals surface area contributed by atoms with E-state index in [1.165, 1.54) is 6.07 Å². The number of hydrogen-bond donors (Lipinski definition) is 1. The van der Waals surface area contributed by atoms with Gasteiger partial charge in [-0.05, 0) is 12.1 Å². The van der Waals surface area contributed by atoms with Gasteiger partial charge in [0.15, 0.2) is 5.65 Å². The number of hydrogen-bond acceptors (Lipinski definition) is 4. The van der Waals surface area contributed by atoms with Crippen LogP contribution in [-0.2, 0) is 17.4 Å². The summed E-state index contributed by atoms with van der Waals surface area (Å²) in [6.45, 7) is 0. The Kier molecular flexibility index (Phi) is 3.32. The van der Waals surface area contributed by atoms with Crippen molar-refractivity contribution in [2.75, 3.05) is 0 Å². The minimum Gasteiger partial charge on any atom is -0.481 e. The zero-order valence-electron chi connectivity index (χ0n) is 9.48. The zero-order valence-corrected chi connectivity index (χ0v) is 9.48.